The van der Waals surface area contributed by atoms with E-state index < -0.39 is 29.9 Å². The van der Waals surface area contributed by atoms with Crippen molar-refractivity contribution in [2.45, 2.75) is 19.1 Å². The molecule has 3 aromatic heterocycles. The Morgan fingerprint density at radius 1 is 1.14 bits per heavy atom. The highest BCUT2D eigenvalue weighted by atomic mass is 19.4. The standard InChI is InChI=1S/C17H15F5N6O/c1-27-10(8-24-16(29)13-7-12(15(18)19)26-28(13)2)6-11(25-27)9-3-4-23-14(5-9)17(20,21)22/h3-7,15H,8H2,1-2H3,(H,24,29). The third-order valence-electron chi connectivity index (χ3n) is 4.11. The minimum absolute atomic E-state index is 0.0191. The fourth-order valence-electron chi connectivity index (χ4n) is 2.63. The summed E-state index contributed by atoms with van der Waals surface area (Å²) in [5, 5.41) is 10.3. The van der Waals surface area contributed by atoms with Crippen LogP contribution in [-0.4, -0.2) is 30.5 Å². The van der Waals surface area contributed by atoms with Gasteiger partial charge in [-0.1, -0.05) is 0 Å². The highest BCUT2D eigenvalue weighted by molar-refractivity contribution is 5.92. The fraction of sp³-hybridized carbons (Fsp3) is 0.294. The summed E-state index contributed by atoms with van der Waals surface area (Å²) in [4.78, 5) is 15.5. The van der Waals surface area contributed by atoms with Crippen LogP contribution < -0.4 is 5.32 Å². The molecule has 0 unspecified atom stereocenters. The second-order valence-electron chi connectivity index (χ2n) is 6.13. The number of rotatable bonds is 5. The number of carbonyl (C=O) groups excluding carboxylic acids is 1. The molecule has 3 heterocycles. The van der Waals surface area contributed by atoms with E-state index in [0.717, 1.165) is 23.0 Å². The number of amides is 1. The molecule has 0 saturated carbocycles. The predicted molar refractivity (Wildman–Crippen MR) is 90.8 cm³/mol. The van der Waals surface area contributed by atoms with Crippen LogP contribution in [0.4, 0.5) is 22.0 Å². The maximum absolute atomic E-state index is 12.8. The maximum Gasteiger partial charge on any atom is 0.433 e. The van der Waals surface area contributed by atoms with Crippen LogP contribution in [0.15, 0.2) is 30.5 Å². The summed E-state index contributed by atoms with van der Waals surface area (Å²) in [5.41, 5.74) is -0.624. The number of hydrogen-bond acceptors (Lipinski definition) is 4. The van der Waals surface area contributed by atoms with Crippen LogP contribution >= 0.6 is 0 Å². The Balaban J connectivity index is 1.76. The van der Waals surface area contributed by atoms with Gasteiger partial charge in [0.1, 0.15) is 17.1 Å². The van der Waals surface area contributed by atoms with Crippen LogP contribution in [0.1, 0.15) is 34.0 Å². The molecule has 0 saturated heterocycles. The molecule has 154 valence electrons. The third kappa shape index (κ3) is 4.41. The van der Waals surface area contributed by atoms with Crippen molar-refractivity contribution in [1.82, 2.24) is 29.9 Å². The fourth-order valence-corrected chi connectivity index (χ4v) is 2.63. The number of hydrogen-bond donors (Lipinski definition) is 1. The van der Waals surface area contributed by atoms with Crippen LogP contribution in [0.25, 0.3) is 11.3 Å². The van der Waals surface area contributed by atoms with Crippen molar-refractivity contribution in [2.24, 2.45) is 14.1 Å². The summed E-state index contributed by atoms with van der Waals surface area (Å²) < 4.78 is 66.3. The van der Waals surface area contributed by atoms with Crippen LogP contribution in [-0.2, 0) is 26.8 Å². The lowest BCUT2D eigenvalue weighted by atomic mass is 10.1. The van der Waals surface area contributed by atoms with Crippen molar-refractivity contribution >= 4 is 5.91 Å². The molecular weight excluding hydrogens is 399 g/mol. The molecule has 0 aliphatic rings. The monoisotopic (exact) mass is 414 g/mol. The quantitative estimate of drug-likeness (QED) is 0.651. The van der Waals surface area contributed by atoms with E-state index in [1.165, 1.54) is 23.9 Å². The Labute approximate surface area is 161 Å². The summed E-state index contributed by atoms with van der Waals surface area (Å²) in [6.45, 7) is -0.0191. The molecule has 12 heteroatoms. The summed E-state index contributed by atoms with van der Waals surface area (Å²) >= 11 is 0. The SMILES string of the molecule is Cn1nc(-c2ccnc(C(F)(F)F)c2)cc1CNC(=O)c1cc(C(F)F)nn1C. The molecule has 0 bridgehead atoms. The van der Waals surface area contributed by atoms with E-state index in [1.54, 1.807) is 7.05 Å². The molecule has 29 heavy (non-hydrogen) atoms. The molecule has 0 aliphatic heterocycles. The molecule has 0 spiro atoms. The number of nitrogens with zero attached hydrogens (tertiary/aromatic N) is 5. The Hall–Kier alpha value is -3.31. The Bertz CT molecular complexity index is 1040. The topological polar surface area (TPSA) is 77.6 Å². The van der Waals surface area contributed by atoms with Gasteiger partial charge in [0, 0.05) is 25.9 Å². The molecule has 3 rings (SSSR count). The van der Waals surface area contributed by atoms with Crippen LogP contribution in [0.2, 0.25) is 0 Å². The second kappa shape index (κ2) is 7.60. The lowest BCUT2D eigenvalue weighted by Gasteiger charge is -2.06. The molecular formula is C17H15F5N6O. The zero-order valence-electron chi connectivity index (χ0n) is 15.2. The lowest BCUT2D eigenvalue weighted by molar-refractivity contribution is -0.141. The number of carbonyl (C=O) groups is 1. The molecule has 1 amide bonds. The number of halogens is 5. The van der Waals surface area contributed by atoms with Gasteiger partial charge in [-0.2, -0.15) is 23.4 Å². The van der Waals surface area contributed by atoms with Crippen LogP contribution in [0.5, 0.6) is 0 Å². The highest BCUT2D eigenvalue weighted by Crippen LogP contribution is 2.30. The minimum atomic E-state index is -4.58. The predicted octanol–water partition coefficient (Wildman–Crippen LogP) is 3.10. The smallest absolute Gasteiger partial charge is 0.345 e. The van der Waals surface area contributed by atoms with Gasteiger partial charge >= 0.3 is 6.18 Å². The van der Waals surface area contributed by atoms with Crippen molar-refractivity contribution < 1.29 is 26.7 Å². The second-order valence-corrected chi connectivity index (χ2v) is 6.13. The van der Waals surface area contributed by atoms with Crippen LogP contribution in [0, 0.1) is 0 Å². The molecule has 0 fully saturated rings. The number of alkyl halides is 5. The average Bonchev–Trinajstić information content (AvgIpc) is 3.22. The summed E-state index contributed by atoms with van der Waals surface area (Å²) in [6, 6.07) is 4.78. The highest BCUT2D eigenvalue weighted by Gasteiger charge is 2.32. The number of aromatic nitrogens is 5. The van der Waals surface area contributed by atoms with Gasteiger partial charge in [-0.3, -0.25) is 19.1 Å². The number of nitrogens with one attached hydrogen (secondary N) is 1. The third-order valence-corrected chi connectivity index (χ3v) is 4.11. The number of aryl methyl sites for hydroxylation is 2. The number of pyridine rings is 1. The zero-order chi connectivity index (χ0) is 21.3. The molecule has 3 aromatic rings. The first-order valence-electron chi connectivity index (χ1n) is 8.23. The van der Waals surface area contributed by atoms with E-state index in [-0.39, 0.29) is 23.5 Å². The Kier molecular flexibility index (Phi) is 5.36. The van der Waals surface area contributed by atoms with Gasteiger partial charge in [-0.25, -0.2) is 8.78 Å². The average molecular weight is 414 g/mol. The van der Waals surface area contributed by atoms with E-state index in [0.29, 0.717) is 5.69 Å². The molecule has 0 atom stereocenters. The zero-order valence-corrected chi connectivity index (χ0v) is 15.2. The van der Waals surface area contributed by atoms with Crippen molar-refractivity contribution in [3.05, 3.63) is 53.2 Å². The molecule has 0 aromatic carbocycles. The van der Waals surface area contributed by atoms with Crippen molar-refractivity contribution in [3.8, 4) is 11.3 Å². The van der Waals surface area contributed by atoms with E-state index in [4.69, 9.17) is 0 Å². The lowest BCUT2D eigenvalue weighted by Crippen LogP contribution is -2.26. The first-order chi connectivity index (χ1) is 13.6. The summed E-state index contributed by atoms with van der Waals surface area (Å²) in [6.07, 6.45) is -6.34. The van der Waals surface area contributed by atoms with Gasteiger partial charge in [-0.15, -0.1) is 0 Å². The molecule has 0 radical (unpaired) electrons. The van der Waals surface area contributed by atoms with Gasteiger partial charge in [0.2, 0.25) is 0 Å². The van der Waals surface area contributed by atoms with Gasteiger partial charge in [0.15, 0.2) is 0 Å². The van der Waals surface area contributed by atoms with Crippen molar-refractivity contribution in [2.75, 3.05) is 0 Å². The first-order valence-corrected chi connectivity index (χ1v) is 8.23. The van der Waals surface area contributed by atoms with Crippen molar-refractivity contribution in [3.63, 3.8) is 0 Å². The first kappa shape index (κ1) is 20.4. The van der Waals surface area contributed by atoms with Gasteiger partial charge in [0.05, 0.1) is 17.9 Å². The van der Waals surface area contributed by atoms with Gasteiger partial charge in [-0.05, 0) is 24.3 Å². The molecule has 1 N–H and O–H groups in total. The normalized spacial score (nSPS) is 11.9. The van der Waals surface area contributed by atoms with E-state index >= 15 is 0 Å². The summed E-state index contributed by atoms with van der Waals surface area (Å²) in [7, 11) is 2.93. The molecule has 0 aliphatic carbocycles. The van der Waals surface area contributed by atoms with Crippen LogP contribution in [0.3, 0.4) is 0 Å². The molecule has 7 nitrogen and oxygen atoms in total. The summed E-state index contributed by atoms with van der Waals surface area (Å²) in [5.74, 6) is -0.627. The minimum Gasteiger partial charge on any atom is -0.345 e. The van der Waals surface area contributed by atoms with Crippen molar-refractivity contribution in [1.29, 1.82) is 0 Å². The van der Waals surface area contributed by atoms with E-state index in [9.17, 15) is 26.7 Å². The Morgan fingerprint density at radius 3 is 2.48 bits per heavy atom. The Morgan fingerprint density at radius 2 is 1.86 bits per heavy atom. The largest absolute Gasteiger partial charge is 0.433 e. The van der Waals surface area contributed by atoms with Gasteiger partial charge < -0.3 is 5.32 Å². The van der Waals surface area contributed by atoms with E-state index in [2.05, 4.69) is 20.5 Å². The van der Waals surface area contributed by atoms with Gasteiger partial charge in [0.25, 0.3) is 12.3 Å². The van der Waals surface area contributed by atoms with E-state index in [1.807, 2.05) is 0 Å². The maximum atomic E-state index is 12.8.